The fourth-order valence-corrected chi connectivity index (χ4v) is 2.87. The molecule has 0 heterocycles. The van der Waals surface area contributed by atoms with E-state index in [-0.39, 0.29) is 0 Å². The second-order valence-corrected chi connectivity index (χ2v) is 5.76. The van der Waals surface area contributed by atoms with Gasteiger partial charge in [0.25, 0.3) is 0 Å². The summed E-state index contributed by atoms with van der Waals surface area (Å²) in [4.78, 5) is 11.3. The molecule has 1 saturated carbocycles. The Bertz CT molecular complexity index is 456. The molecule has 1 aromatic carbocycles. The maximum Gasteiger partial charge on any atom is 0.337 e. The third-order valence-electron chi connectivity index (χ3n) is 4.11. The zero-order valence-corrected chi connectivity index (χ0v) is 11.8. The zero-order valence-electron chi connectivity index (χ0n) is 11.8. The molecule has 3 nitrogen and oxygen atoms in total. The predicted molar refractivity (Wildman–Crippen MR) is 77.8 cm³/mol. The second-order valence-electron chi connectivity index (χ2n) is 5.76. The Morgan fingerprint density at radius 2 is 2.05 bits per heavy atom. The molecule has 1 fully saturated rings. The van der Waals surface area contributed by atoms with E-state index in [1.54, 1.807) is 12.1 Å². The van der Waals surface area contributed by atoms with Crippen LogP contribution >= 0.6 is 0 Å². The first kappa shape index (κ1) is 13.9. The Morgan fingerprint density at radius 1 is 1.26 bits per heavy atom. The summed E-state index contributed by atoms with van der Waals surface area (Å²) in [6.07, 6.45) is 6.02. The number of hydrogen-bond acceptors (Lipinski definition) is 2. The van der Waals surface area contributed by atoms with E-state index in [1.165, 1.54) is 19.3 Å². The highest BCUT2D eigenvalue weighted by Gasteiger charge is 2.19. The molecule has 2 unspecified atom stereocenters. The Balaban J connectivity index is 2.16. The quantitative estimate of drug-likeness (QED) is 0.806. The van der Waals surface area contributed by atoms with Crippen LogP contribution in [-0.2, 0) is 0 Å². The maximum absolute atomic E-state index is 11.3. The van der Waals surface area contributed by atoms with E-state index in [0.717, 1.165) is 30.0 Å². The molecule has 0 spiro atoms. The average molecular weight is 261 g/mol. The van der Waals surface area contributed by atoms with Gasteiger partial charge in [-0.15, -0.1) is 0 Å². The molecule has 0 amide bonds. The highest BCUT2D eigenvalue weighted by Crippen LogP contribution is 2.28. The fourth-order valence-electron chi connectivity index (χ4n) is 2.87. The summed E-state index contributed by atoms with van der Waals surface area (Å²) in [7, 11) is 0. The number of rotatable bonds is 3. The van der Waals surface area contributed by atoms with Crippen molar-refractivity contribution in [3.05, 3.63) is 29.3 Å². The first-order valence-corrected chi connectivity index (χ1v) is 7.17. The molecule has 0 saturated heterocycles. The van der Waals surface area contributed by atoms with Crippen LogP contribution in [-0.4, -0.2) is 17.1 Å². The number of aromatic carboxylic acids is 1. The number of benzene rings is 1. The number of carboxylic acid groups (broad SMARTS) is 1. The topological polar surface area (TPSA) is 49.3 Å². The number of para-hydroxylation sites is 1. The largest absolute Gasteiger partial charge is 0.478 e. The smallest absolute Gasteiger partial charge is 0.337 e. The monoisotopic (exact) mass is 261 g/mol. The average Bonchev–Trinajstić information content (AvgIpc) is 2.56. The van der Waals surface area contributed by atoms with E-state index >= 15 is 0 Å². The van der Waals surface area contributed by atoms with Crippen molar-refractivity contribution in [2.24, 2.45) is 5.92 Å². The lowest BCUT2D eigenvalue weighted by molar-refractivity contribution is 0.0698. The third-order valence-corrected chi connectivity index (χ3v) is 4.11. The van der Waals surface area contributed by atoms with Crippen LogP contribution < -0.4 is 5.32 Å². The Hall–Kier alpha value is -1.51. The molecule has 3 heteroatoms. The first-order chi connectivity index (χ1) is 9.08. The second kappa shape index (κ2) is 6.09. The molecule has 0 aromatic heterocycles. The highest BCUT2D eigenvalue weighted by atomic mass is 16.4. The van der Waals surface area contributed by atoms with Gasteiger partial charge in [0.1, 0.15) is 0 Å². The normalized spacial score (nSPS) is 23.7. The molecule has 2 atom stereocenters. The maximum atomic E-state index is 11.3. The van der Waals surface area contributed by atoms with E-state index in [9.17, 15) is 9.90 Å². The highest BCUT2D eigenvalue weighted by molar-refractivity contribution is 5.95. The van der Waals surface area contributed by atoms with Crippen LogP contribution in [0, 0.1) is 12.8 Å². The van der Waals surface area contributed by atoms with Gasteiger partial charge in [-0.25, -0.2) is 4.79 Å². The summed E-state index contributed by atoms with van der Waals surface area (Å²) in [6, 6.07) is 5.86. The van der Waals surface area contributed by atoms with Gasteiger partial charge < -0.3 is 10.4 Å². The third kappa shape index (κ3) is 3.49. The van der Waals surface area contributed by atoms with Crippen LogP contribution in [0.5, 0.6) is 0 Å². The summed E-state index contributed by atoms with van der Waals surface area (Å²) >= 11 is 0. The summed E-state index contributed by atoms with van der Waals surface area (Å²) in [6.45, 7) is 4.27. The number of carbonyl (C=O) groups is 1. The van der Waals surface area contributed by atoms with Gasteiger partial charge in [0.05, 0.1) is 11.3 Å². The minimum absolute atomic E-state index is 0.386. The molecule has 1 aliphatic carbocycles. The van der Waals surface area contributed by atoms with Crippen molar-refractivity contribution < 1.29 is 9.90 Å². The zero-order chi connectivity index (χ0) is 13.8. The van der Waals surface area contributed by atoms with Gasteiger partial charge in [-0.1, -0.05) is 31.9 Å². The van der Waals surface area contributed by atoms with Gasteiger partial charge in [-0.2, -0.15) is 0 Å². The SMILES string of the molecule is Cc1cccc(C(=O)O)c1NC1CCCC(C)CC1. The number of nitrogens with one attached hydrogen (secondary N) is 1. The molecule has 0 radical (unpaired) electrons. The van der Waals surface area contributed by atoms with E-state index < -0.39 is 5.97 Å². The van der Waals surface area contributed by atoms with E-state index in [1.807, 2.05) is 13.0 Å². The first-order valence-electron chi connectivity index (χ1n) is 7.17. The molecule has 1 aliphatic rings. The molecule has 0 bridgehead atoms. The molecular weight excluding hydrogens is 238 g/mol. The van der Waals surface area contributed by atoms with Gasteiger partial charge in [0.15, 0.2) is 0 Å². The van der Waals surface area contributed by atoms with Crippen molar-refractivity contribution in [1.29, 1.82) is 0 Å². The summed E-state index contributed by atoms with van der Waals surface area (Å²) in [5, 5.41) is 12.8. The molecule has 0 aliphatic heterocycles. The van der Waals surface area contributed by atoms with Gasteiger partial charge in [0, 0.05) is 6.04 Å². The molecule has 2 N–H and O–H groups in total. The summed E-state index contributed by atoms with van der Waals surface area (Å²) < 4.78 is 0. The van der Waals surface area contributed by atoms with Crippen LogP contribution in [0.1, 0.15) is 54.9 Å². The van der Waals surface area contributed by atoms with E-state index in [4.69, 9.17) is 0 Å². The Kier molecular flexibility index (Phi) is 4.46. The fraction of sp³-hybridized carbons (Fsp3) is 0.562. The number of hydrogen-bond donors (Lipinski definition) is 2. The number of aryl methyl sites for hydroxylation is 1. The lowest BCUT2D eigenvalue weighted by Gasteiger charge is -2.21. The van der Waals surface area contributed by atoms with Crippen LogP contribution in [0.25, 0.3) is 0 Å². The van der Waals surface area contributed by atoms with Gasteiger partial charge in [0.2, 0.25) is 0 Å². The molecule has 1 aromatic rings. The van der Waals surface area contributed by atoms with Gasteiger partial charge in [-0.3, -0.25) is 0 Å². The lowest BCUT2D eigenvalue weighted by atomic mass is 10.0. The van der Waals surface area contributed by atoms with Crippen molar-refractivity contribution in [1.82, 2.24) is 0 Å². The van der Waals surface area contributed by atoms with Crippen molar-refractivity contribution in [3.63, 3.8) is 0 Å². The standard InChI is InChI=1S/C16H23NO2/c1-11-5-3-7-13(10-9-11)17-15-12(2)6-4-8-14(15)16(18)19/h4,6,8,11,13,17H,3,5,7,9-10H2,1-2H3,(H,18,19). The van der Waals surface area contributed by atoms with Crippen molar-refractivity contribution in [2.45, 2.75) is 52.0 Å². The van der Waals surface area contributed by atoms with Crippen LogP contribution in [0.4, 0.5) is 5.69 Å². The van der Waals surface area contributed by atoms with Crippen LogP contribution in [0.3, 0.4) is 0 Å². The molecule has 104 valence electrons. The molecular formula is C16H23NO2. The van der Waals surface area contributed by atoms with Gasteiger partial charge in [-0.05, 0) is 43.7 Å². The summed E-state index contributed by atoms with van der Waals surface area (Å²) in [5.41, 5.74) is 2.20. The minimum Gasteiger partial charge on any atom is -0.478 e. The lowest BCUT2D eigenvalue weighted by Crippen LogP contribution is -2.21. The number of carboxylic acids is 1. The van der Waals surface area contributed by atoms with Gasteiger partial charge >= 0.3 is 5.97 Å². The predicted octanol–water partition coefficient (Wildman–Crippen LogP) is 4.07. The molecule has 2 rings (SSSR count). The Labute approximate surface area is 115 Å². The van der Waals surface area contributed by atoms with Crippen LogP contribution in [0.2, 0.25) is 0 Å². The Morgan fingerprint density at radius 3 is 2.79 bits per heavy atom. The minimum atomic E-state index is -0.854. The van der Waals surface area contributed by atoms with E-state index in [2.05, 4.69) is 12.2 Å². The van der Waals surface area contributed by atoms with Crippen molar-refractivity contribution in [3.8, 4) is 0 Å². The van der Waals surface area contributed by atoms with E-state index in [0.29, 0.717) is 11.6 Å². The van der Waals surface area contributed by atoms with Crippen LogP contribution in [0.15, 0.2) is 18.2 Å². The van der Waals surface area contributed by atoms with Crippen molar-refractivity contribution in [2.75, 3.05) is 5.32 Å². The summed E-state index contributed by atoms with van der Waals surface area (Å²) in [5.74, 6) is -0.0594. The number of anilines is 1. The van der Waals surface area contributed by atoms with Crippen molar-refractivity contribution >= 4 is 11.7 Å². The molecule has 19 heavy (non-hydrogen) atoms.